The Morgan fingerprint density at radius 2 is 2.11 bits per heavy atom. The summed E-state index contributed by atoms with van der Waals surface area (Å²) in [6.45, 7) is 3.70. The van der Waals surface area contributed by atoms with Crippen molar-refractivity contribution in [2.45, 2.75) is 38.1 Å². The number of hydrogen-bond donors (Lipinski definition) is 2. The van der Waals surface area contributed by atoms with Gasteiger partial charge in [0.2, 0.25) is 11.8 Å². The molecular formula is C19H24N4O4. The lowest BCUT2D eigenvalue weighted by Crippen LogP contribution is -2.52. The number of nitrogens with zero attached hydrogens (tertiary/aromatic N) is 2. The highest BCUT2D eigenvalue weighted by Crippen LogP contribution is 2.30. The van der Waals surface area contributed by atoms with Crippen LogP contribution in [-0.2, 0) is 27.4 Å². The standard InChI is InChI=1S/C19H24N4O4/c20-8-14-11-22(6-7-27-14)9-12-2-1-3-13-10-23(19(26)17(12)13)15-4-5-16(24)21-18(15)25/h1-3,14-15H,4-11,20H2,(H,21,24,25)/t14-,15?/m0/s1. The average Bonchev–Trinajstić information content (AvgIpc) is 2.99. The zero-order valence-corrected chi connectivity index (χ0v) is 15.1. The molecule has 1 unspecified atom stereocenters. The third-order valence-electron chi connectivity index (χ3n) is 5.52. The molecule has 3 aliphatic rings. The number of amides is 3. The predicted molar refractivity (Wildman–Crippen MR) is 96.6 cm³/mol. The summed E-state index contributed by atoms with van der Waals surface area (Å²) in [5, 5.41) is 2.34. The molecule has 0 aliphatic carbocycles. The van der Waals surface area contributed by atoms with E-state index in [-0.39, 0.29) is 30.2 Å². The van der Waals surface area contributed by atoms with E-state index in [4.69, 9.17) is 10.5 Å². The van der Waals surface area contributed by atoms with Crippen LogP contribution >= 0.6 is 0 Å². The highest BCUT2D eigenvalue weighted by molar-refractivity contribution is 6.05. The first-order valence-electron chi connectivity index (χ1n) is 9.36. The Balaban J connectivity index is 1.53. The summed E-state index contributed by atoms with van der Waals surface area (Å²) in [6, 6.07) is 5.28. The van der Waals surface area contributed by atoms with Gasteiger partial charge in [0.05, 0.1) is 12.7 Å². The van der Waals surface area contributed by atoms with Gasteiger partial charge in [-0.25, -0.2) is 0 Å². The van der Waals surface area contributed by atoms with E-state index in [1.165, 1.54) is 0 Å². The number of benzene rings is 1. The maximum Gasteiger partial charge on any atom is 0.255 e. The van der Waals surface area contributed by atoms with Crippen LogP contribution in [0.25, 0.3) is 0 Å². The Hall–Kier alpha value is -2.29. The van der Waals surface area contributed by atoms with Crippen LogP contribution < -0.4 is 11.1 Å². The number of carbonyl (C=O) groups excluding carboxylic acids is 3. The van der Waals surface area contributed by atoms with Crippen molar-refractivity contribution in [2.24, 2.45) is 5.73 Å². The van der Waals surface area contributed by atoms with Gasteiger partial charge >= 0.3 is 0 Å². The van der Waals surface area contributed by atoms with Crippen molar-refractivity contribution in [2.75, 3.05) is 26.2 Å². The van der Waals surface area contributed by atoms with Gasteiger partial charge in [0.15, 0.2) is 0 Å². The maximum atomic E-state index is 13.1. The summed E-state index contributed by atoms with van der Waals surface area (Å²) in [7, 11) is 0. The van der Waals surface area contributed by atoms with Crippen molar-refractivity contribution in [3.8, 4) is 0 Å². The van der Waals surface area contributed by atoms with Crippen LogP contribution in [0.5, 0.6) is 0 Å². The van der Waals surface area contributed by atoms with Gasteiger partial charge in [-0.15, -0.1) is 0 Å². The molecule has 1 aromatic rings. The Morgan fingerprint density at radius 1 is 1.26 bits per heavy atom. The number of morpholine rings is 1. The van der Waals surface area contributed by atoms with Gasteiger partial charge in [0.1, 0.15) is 6.04 Å². The third-order valence-corrected chi connectivity index (χ3v) is 5.52. The molecule has 2 atom stereocenters. The summed E-state index contributed by atoms with van der Waals surface area (Å²) >= 11 is 0. The summed E-state index contributed by atoms with van der Waals surface area (Å²) in [5.41, 5.74) is 8.31. The van der Waals surface area contributed by atoms with Crippen molar-refractivity contribution in [3.63, 3.8) is 0 Å². The minimum atomic E-state index is -0.583. The van der Waals surface area contributed by atoms with Crippen molar-refractivity contribution in [1.82, 2.24) is 15.1 Å². The summed E-state index contributed by atoms with van der Waals surface area (Å²) < 4.78 is 5.61. The van der Waals surface area contributed by atoms with Crippen LogP contribution in [-0.4, -0.2) is 65.9 Å². The molecule has 3 N–H and O–H groups in total. The van der Waals surface area contributed by atoms with Gasteiger partial charge in [-0.2, -0.15) is 0 Å². The molecule has 2 saturated heterocycles. The fourth-order valence-electron chi connectivity index (χ4n) is 4.13. The van der Waals surface area contributed by atoms with E-state index < -0.39 is 6.04 Å². The molecule has 27 heavy (non-hydrogen) atoms. The van der Waals surface area contributed by atoms with Gasteiger partial charge in [0, 0.05) is 44.7 Å². The molecule has 2 fully saturated rings. The van der Waals surface area contributed by atoms with Gasteiger partial charge in [0.25, 0.3) is 5.91 Å². The molecule has 8 nitrogen and oxygen atoms in total. The number of nitrogens with one attached hydrogen (secondary N) is 1. The second kappa shape index (κ2) is 7.38. The molecule has 3 aliphatic heterocycles. The first-order valence-corrected chi connectivity index (χ1v) is 9.36. The number of nitrogens with two attached hydrogens (primary N) is 1. The van der Waals surface area contributed by atoms with Crippen LogP contribution in [0.2, 0.25) is 0 Å². The molecular weight excluding hydrogens is 348 g/mol. The summed E-state index contributed by atoms with van der Waals surface area (Å²) in [5.74, 6) is -0.783. The van der Waals surface area contributed by atoms with E-state index in [2.05, 4.69) is 10.2 Å². The van der Waals surface area contributed by atoms with E-state index in [9.17, 15) is 14.4 Å². The van der Waals surface area contributed by atoms with Gasteiger partial charge < -0.3 is 15.4 Å². The molecule has 0 saturated carbocycles. The quantitative estimate of drug-likeness (QED) is 0.698. The minimum absolute atomic E-state index is 0.0196. The number of fused-ring (bicyclic) bond motifs is 1. The predicted octanol–water partition coefficient (Wildman–Crippen LogP) is -0.393. The van der Waals surface area contributed by atoms with Crippen molar-refractivity contribution < 1.29 is 19.1 Å². The molecule has 1 aromatic carbocycles. The lowest BCUT2D eigenvalue weighted by Gasteiger charge is -2.32. The van der Waals surface area contributed by atoms with Crippen LogP contribution in [0, 0.1) is 0 Å². The number of imide groups is 1. The number of rotatable bonds is 4. The smallest absolute Gasteiger partial charge is 0.255 e. The SMILES string of the molecule is NC[C@H]1CN(Cc2cccc3c2C(=O)N(C2CCC(=O)NC2=O)C3)CCO1. The van der Waals surface area contributed by atoms with E-state index >= 15 is 0 Å². The molecule has 0 aromatic heterocycles. The Bertz CT molecular complexity index is 781. The Labute approximate surface area is 157 Å². The highest BCUT2D eigenvalue weighted by Gasteiger charge is 2.40. The molecule has 8 heteroatoms. The second-order valence-corrected chi connectivity index (χ2v) is 7.31. The topological polar surface area (TPSA) is 105 Å². The average molecular weight is 372 g/mol. The minimum Gasteiger partial charge on any atom is -0.374 e. The van der Waals surface area contributed by atoms with Crippen molar-refractivity contribution in [3.05, 3.63) is 34.9 Å². The monoisotopic (exact) mass is 372 g/mol. The van der Waals surface area contributed by atoms with Crippen molar-refractivity contribution >= 4 is 17.7 Å². The van der Waals surface area contributed by atoms with E-state index in [0.717, 1.165) is 24.2 Å². The van der Waals surface area contributed by atoms with Gasteiger partial charge in [-0.05, 0) is 17.5 Å². The normalized spacial score (nSPS) is 26.3. The van der Waals surface area contributed by atoms with Crippen LogP contribution in [0.15, 0.2) is 18.2 Å². The van der Waals surface area contributed by atoms with Gasteiger partial charge in [-0.1, -0.05) is 18.2 Å². The zero-order chi connectivity index (χ0) is 19.0. The molecule has 3 heterocycles. The summed E-state index contributed by atoms with van der Waals surface area (Å²) in [4.78, 5) is 40.5. The van der Waals surface area contributed by atoms with Crippen LogP contribution in [0.3, 0.4) is 0 Å². The van der Waals surface area contributed by atoms with Gasteiger partial charge in [-0.3, -0.25) is 24.6 Å². The molecule has 0 spiro atoms. The van der Waals surface area contributed by atoms with E-state index in [1.807, 2.05) is 18.2 Å². The zero-order valence-electron chi connectivity index (χ0n) is 15.1. The lowest BCUT2D eigenvalue weighted by molar-refractivity contribution is -0.136. The Kier molecular flexibility index (Phi) is 4.94. The largest absolute Gasteiger partial charge is 0.374 e. The molecule has 4 rings (SSSR count). The van der Waals surface area contributed by atoms with Crippen molar-refractivity contribution in [1.29, 1.82) is 0 Å². The fraction of sp³-hybridized carbons (Fsp3) is 0.526. The molecule has 0 radical (unpaired) electrons. The maximum absolute atomic E-state index is 13.1. The first kappa shape index (κ1) is 18.1. The number of ether oxygens (including phenoxy) is 1. The first-order chi connectivity index (χ1) is 13.1. The molecule has 0 bridgehead atoms. The van der Waals surface area contributed by atoms with E-state index in [0.29, 0.717) is 38.2 Å². The summed E-state index contributed by atoms with van der Waals surface area (Å²) in [6.07, 6.45) is 0.658. The highest BCUT2D eigenvalue weighted by atomic mass is 16.5. The molecule has 3 amide bonds. The third kappa shape index (κ3) is 3.47. The lowest BCUT2D eigenvalue weighted by atomic mass is 10.0. The Morgan fingerprint density at radius 3 is 2.89 bits per heavy atom. The number of carbonyl (C=O) groups is 3. The van der Waals surface area contributed by atoms with Crippen LogP contribution in [0.4, 0.5) is 0 Å². The fourth-order valence-corrected chi connectivity index (χ4v) is 4.13. The number of piperidine rings is 1. The second-order valence-electron chi connectivity index (χ2n) is 7.31. The van der Waals surface area contributed by atoms with Crippen LogP contribution in [0.1, 0.15) is 34.3 Å². The number of hydrogen-bond acceptors (Lipinski definition) is 6. The van der Waals surface area contributed by atoms with E-state index in [1.54, 1.807) is 4.90 Å². The molecule has 144 valence electrons.